The highest BCUT2D eigenvalue weighted by molar-refractivity contribution is 5.99. The van der Waals surface area contributed by atoms with Crippen LogP contribution in [-0.4, -0.2) is 49.0 Å². The molecule has 0 saturated heterocycles. The highest BCUT2D eigenvalue weighted by atomic mass is 16.6. The molecule has 0 amide bonds. The number of carbonyl (C=O) groups is 3. The summed E-state index contributed by atoms with van der Waals surface area (Å²) >= 11 is 0. The molecule has 1 aromatic carbocycles. The molecule has 0 unspecified atom stereocenters. The van der Waals surface area contributed by atoms with Crippen LogP contribution in [0.25, 0.3) is 0 Å². The third-order valence-corrected chi connectivity index (χ3v) is 4.61. The van der Waals surface area contributed by atoms with Crippen LogP contribution in [0.5, 0.6) is 5.75 Å². The van der Waals surface area contributed by atoms with Gasteiger partial charge in [0.15, 0.2) is 19.0 Å². The van der Waals surface area contributed by atoms with Gasteiger partial charge in [-0.1, -0.05) is 6.92 Å². The summed E-state index contributed by atoms with van der Waals surface area (Å²) in [6.45, 7) is 6.09. The standard InChI is InChI=1S/C22H27NO6/c1-5-20(24)17-6-8-18(9-7-17)28-14-22(26)29-13-21(25)19-12-15(2)23(16(19)3)10-11-27-4/h6-9,12H,5,10-11,13-14H2,1-4H3. The van der Waals surface area contributed by atoms with Crippen molar-refractivity contribution in [3.05, 3.63) is 52.8 Å². The highest BCUT2D eigenvalue weighted by Gasteiger charge is 2.17. The number of nitrogens with zero attached hydrogens (tertiary/aromatic N) is 1. The molecule has 0 fully saturated rings. The van der Waals surface area contributed by atoms with Gasteiger partial charge in [0.2, 0.25) is 5.78 Å². The third-order valence-electron chi connectivity index (χ3n) is 4.61. The van der Waals surface area contributed by atoms with E-state index in [4.69, 9.17) is 14.2 Å². The fourth-order valence-electron chi connectivity index (χ4n) is 2.96. The van der Waals surface area contributed by atoms with Crippen LogP contribution in [0.4, 0.5) is 0 Å². The Morgan fingerprint density at radius 3 is 2.31 bits per heavy atom. The molecule has 0 spiro atoms. The van der Waals surface area contributed by atoms with Gasteiger partial charge in [-0.3, -0.25) is 9.59 Å². The average molecular weight is 401 g/mol. The minimum Gasteiger partial charge on any atom is -0.482 e. The third kappa shape index (κ3) is 6.02. The highest BCUT2D eigenvalue weighted by Crippen LogP contribution is 2.16. The summed E-state index contributed by atoms with van der Waals surface area (Å²) in [7, 11) is 1.63. The first kappa shape index (κ1) is 22.4. The first-order valence-corrected chi connectivity index (χ1v) is 9.47. The number of hydrogen-bond donors (Lipinski definition) is 0. The van der Waals surface area contributed by atoms with Gasteiger partial charge in [-0.25, -0.2) is 4.79 Å². The van der Waals surface area contributed by atoms with E-state index >= 15 is 0 Å². The molecule has 29 heavy (non-hydrogen) atoms. The fourth-order valence-corrected chi connectivity index (χ4v) is 2.96. The molecular formula is C22H27NO6. The molecule has 7 heteroatoms. The van der Waals surface area contributed by atoms with Crippen molar-refractivity contribution < 1.29 is 28.6 Å². The monoisotopic (exact) mass is 401 g/mol. The van der Waals surface area contributed by atoms with Crippen LogP contribution in [0.1, 0.15) is 45.4 Å². The zero-order chi connectivity index (χ0) is 21.4. The van der Waals surface area contributed by atoms with E-state index in [0.717, 1.165) is 11.4 Å². The van der Waals surface area contributed by atoms with Crippen molar-refractivity contribution in [3.8, 4) is 5.75 Å². The number of benzene rings is 1. The van der Waals surface area contributed by atoms with Crippen molar-refractivity contribution in [3.63, 3.8) is 0 Å². The smallest absolute Gasteiger partial charge is 0.344 e. The van der Waals surface area contributed by atoms with E-state index < -0.39 is 5.97 Å². The number of esters is 1. The molecule has 0 atom stereocenters. The number of hydrogen-bond acceptors (Lipinski definition) is 6. The molecule has 7 nitrogen and oxygen atoms in total. The van der Waals surface area contributed by atoms with Crippen molar-refractivity contribution in [2.24, 2.45) is 0 Å². The fraction of sp³-hybridized carbons (Fsp3) is 0.409. The molecule has 0 bridgehead atoms. The maximum atomic E-state index is 12.4. The summed E-state index contributed by atoms with van der Waals surface area (Å²) in [5.74, 6) is -0.420. The topological polar surface area (TPSA) is 83.8 Å². The van der Waals surface area contributed by atoms with Crippen LogP contribution in [0.15, 0.2) is 30.3 Å². The summed E-state index contributed by atoms with van der Waals surface area (Å²) in [6, 6.07) is 8.33. The van der Waals surface area contributed by atoms with Gasteiger partial charge in [-0.2, -0.15) is 0 Å². The molecular weight excluding hydrogens is 374 g/mol. The summed E-state index contributed by atoms with van der Waals surface area (Å²) < 4.78 is 17.5. The molecule has 0 aliphatic heterocycles. The number of rotatable bonds is 11. The molecule has 2 aromatic rings. The Labute approximate surface area is 170 Å². The quantitative estimate of drug-likeness (QED) is 0.425. The first-order chi connectivity index (χ1) is 13.9. The number of methoxy groups -OCH3 is 1. The van der Waals surface area contributed by atoms with Crippen molar-refractivity contribution in [2.45, 2.75) is 33.7 Å². The zero-order valence-corrected chi connectivity index (χ0v) is 17.3. The van der Waals surface area contributed by atoms with Crippen LogP contribution in [0, 0.1) is 13.8 Å². The lowest BCUT2D eigenvalue weighted by molar-refractivity contribution is -0.144. The van der Waals surface area contributed by atoms with E-state index in [2.05, 4.69) is 0 Å². The summed E-state index contributed by atoms with van der Waals surface area (Å²) in [6.07, 6.45) is 0.426. The van der Waals surface area contributed by atoms with Crippen molar-refractivity contribution in [2.75, 3.05) is 26.9 Å². The number of ketones is 2. The number of aromatic nitrogens is 1. The Kier molecular flexibility index (Phi) is 8.15. The lowest BCUT2D eigenvalue weighted by atomic mass is 10.1. The van der Waals surface area contributed by atoms with E-state index in [1.807, 2.05) is 18.4 Å². The van der Waals surface area contributed by atoms with Gasteiger partial charge >= 0.3 is 5.97 Å². The molecule has 0 aliphatic rings. The van der Waals surface area contributed by atoms with Crippen LogP contribution in [0.2, 0.25) is 0 Å². The van der Waals surface area contributed by atoms with E-state index in [9.17, 15) is 14.4 Å². The second kappa shape index (κ2) is 10.6. The summed E-state index contributed by atoms with van der Waals surface area (Å²) in [4.78, 5) is 35.9. The van der Waals surface area contributed by atoms with E-state index in [0.29, 0.717) is 36.4 Å². The Bertz CT molecular complexity index is 866. The zero-order valence-electron chi connectivity index (χ0n) is 17.3. The second-order valence-electron chi connectivity index (χ2n) is 6.60. The number of carbonyl (C=O) groups excluding carboxylic acids is 3. The van der Waals surface area contributed by atoms with E-state index in [1.165, 1.54) is 0 Å². The van der Waals surface area contributed by atoms with Crippen molar-refractivity contribution in [1.29, 1.82) is 0 Å². The Balaban J connectivity index is 1.84. The molecule has 2 rings (SSSR count). The number of Topliss-reactive ketones (excluding diaryl/α,β-unsaturated/α-hetero) is 2. The number of ether oxygens (including phenoxy) is 3. The normalized spacial score (nSPS) is 10.6. The molecule has 0 radical (unpaired) electrons. The minimum atomic E-state index is -0.639. The molecule has 0 saturated carbocycles. The van der Waals surface area contributed by atoms with Crippen molar-refractivity contribution >= 4 is 17.5 Å². The van der Waals surface area contributed by atoms with Gasteiger partial charge in [-0.05, 0) is 44.2 Å². The van der Waals surface area contributed by atoms with Crippen LogP contribution >= 0.6 is 0 Å². The van der Waals surface area contributed by atoms with Crippen LogP contribution < -0.4 is 4.74 Å². The summed E-state index contributed by atoms with van der Waals surface area (Å²) in [5, 5.41) is 0. The first-order valence-electron chi connectivity index (χ1n) is 9.47. The average Bonchev–Trinajstić information content (AvgIpc) is 3.02. The molecule has 0 aliphatic carbocycles. The summed E-state index contributed by atoms with van der Waals surface area (Å²) in [5.41, 5.74) is 2.89. The van der Waals surface area contributed by atoms with Gasteiger partial charge in [0.05, 0.1) is 6.61 Å². The predicted octanol–water partition coefficient (Wildman–Crippen LogP) is 3.15. The van der Waals surface area contributed by atoms with Gasteiger partial charge < -0.3 is 18.8 Å². The van der Waals surface area contributed by atoms with Gasteiger partial charge in [-0.15, -0.1) is 0 Å². The van der Waals surface area contributed by atoms with Gasteiger partial charge in [0, 0.05) is 42.6 Å². The maximum Gasteiger partial charge on any atom is 0.344 e. The molecule has 1 aromatic heterocycles. The minimum absolute atomic E-state index is 0.0380. The molecule has 156 valence electrons. The van der Waals surface area contributed by atoms with E-state index in [-0.39, 0.29) is 24.8 Å². The lowest BCUT2D eigenvalue weighted by Gasteiger charge is -2.09. The Morgan fingerprint density at radius 2 is 1.69 bits per heavy atom. The van der Waals surface area contributed by atoms with Gasteiger partial charge in [0.25, 0.3) is 0 Å². The molecule has 0 N–H and O–H groups in total. The second-order valence-corrected chi connectivity index (χ2v) is 6.60. The van der Waals surface area contributed by atoms with Crippen molar-refractivity contribution in [1.82, 2.24) is 4.57 Å². The predicted molar refractivity (Wildman–Crippen MR) is 108 cm³/mol. The molecule has 1 heterocycles. The Morgan fingerprint density at radius 1 is 1.00 bits per heavy atom. The van der Waals surface area contributed by atoms with Crippen LogP contribution in [-0.2, 0) is 20.8 Å². The SMILES string of the molecule is CCC(=O)c1ccc(OCC(=O)OCC(=O)c2cc(C)n(CCOC)c2C)cc1. The van der Waals surface area contributed by atoms with E-state index in [1.54, 1.807) is 44.4 Å². The van der Waals surface area contributed by atoms with Gasteiger partial charge in [0.1, 0.15) is 5.75 Å². The Hall–Kier alpha value is -2.93. The van der Waals surface area contributed by atoms with Crippen LogP contribution in [0.3, 0.4) is 0 Å². The number of aryl methyl sites for hydroxylation is 1. The largest absolute Gasteiger partial charge is 0.482 e. The lowest BCUT2D eigenvalue weighted by Crippen LogP contribution is -2.20. The maximum absolute atomic E-state index is 12.4.